The molecular weight excluding hydrogens is 366 g/mol. The van der Waals surface area contributed by atoms with Gasteiger partial charge in [-0.05, 0) is 59.9 Å². The maximum absolute atomic E-state index is 12.3. The Morgan fingerprint density at radius 2 is 1.57 bits per heavy atom. The van der Waals surface area contributed by atoms with Gasteiger partial charge >= 0.3 is 0 Å². The molecular formula is C24H21NO2S. The number of ketones is 1. The summed E-state index contributed by atoms with van der Waals surface area (Å²) >= 11 is 1.68. The molecule has 140 valence electrons. The second kappa shape index (κ2) is 9.72. The molecule has 1 N–H and O–H groups in total. The summed E-state index contributed by atoms with van der Waals surface area (Å²) in [5.41, 5.74) is 3.20. The Morgan fingerprint density at radius 3 is 2.21 bits per heavy atom. The molecule has 0 aliphatic carbocycles. The van der Waals surface area contributed by atoms with Gasteiger partial charge in [-0.1, -0.05) is 48.5 Å². The SMILES string of the molecule is CSc1ccc(/C=C/C(=O)c2ccc(NC(=O)Cc3ccccc3)cc2)cc1. The molecule has 3 aromatic carbocycles. The van der Waals surface area contributed by atoms with Crippen molar-refractivity contribution in [3.8, 4) is 0 Å². The zero-order chi connectivity index (χ0) is 19.8. The van der Waals surface area contributed by atoms with Gasteiger partial charge in [-0.3, -0.25) is 9.59 Å². The van der Waals surface area contributed by atoms with Crippen LogP contribution in [0.3, 0.4) is 0 Å². The van der Waals surface area contributed by atoms with Crippen molar-refractivity contribution >= 4 is 35.2 Å². The average Bonchev–Trinajstić information content (AvgIpc) is 2.73. The molecule has 0 spiro atoms. The van der Waals surface area contributed by atoms with Crippen molar-refractivity contribution in [2.45, 2.75) is 11.3 Å². The van der Waals surface area contributed by atoms with Crippen LogP contribution in [0.5, 0.6) is 0 Å². The molecule has 3 nitrogen and oxygen atoms in total. The van der Waals surface area contributed by atoms with E-state index in [1.807, 2.05) is 66.9 Å². The normalized spacial score (nSPS) is 10.8. The number of allylic oxidation sites excluding steroid dienone is 1. The first kappa shape index (κ1) is 19.6. The summed E-state index contributed by atoms with van der Waals surface area (Å²) in [6.07, 6.45) is 5.72. The molecule has 0 saturated heterocycles. The van der Waals surface area contributed by atoms with Gasteiger partial charge in [0.1, 0.15) is 0 Å². The fourth-order valence-corrected chi connectivity index (χ4v) is 3.10. The van der Waals surface area contributed by atoms with Gasteiger partial charge in [0.2, 0.25) is 5.91 Å². The highest BCUT2D eigenvalue weighted by atomic mass is 32.2. The van der Waals surface area contributed by atoms with Gasteiger partial charge in [-0.25, -0.2) is 0 Å². The van der Waals surface area contributed by atoms with Crippen molar-refractivity contribution in [2.24, 2.45) is 0 Å². The number of rotatable bonds is 7. The fraction of sp³-hybridized carbons (Fsp3) is 0.0833. The van der Waals surface area contributed by atoms with Gasteiger partial charge in [0.25, 0.3) is 0 Å². The van der Waals surface area contributed by atoms with E-state index in [4.69, 9.17) is 0 Å². The van der Waals surface area contributed by atoms with Crippen LogP contribution >= 0.6 is 11.8 Å². The van der Waals surface area contributed by atoms with Crippen LogP contribution < -0.4 is 5.32 Å². The molecule has 1 amide bonds. The highest BCUT2D eigenvalue weighted by Crippen LogP contribution is 2.16. The molecule has 0 heterocycles. The molecule has 0 atom stereocenters. The Kier molecular flexibility index (Phi) is 6.82. The van der Waals surface area contributed by atoms with Gasteiger partial charge in [0.15, 0.2) is 5.78 Å². The van der Waals surface area contributed by atoms with Gasteiger partial charge < -0.3 is 5.32 Å². The lowest BCUT2D eigenvalue weighted by Gasteiger charge is -2.06. The van der Waals surface area contributed by atoms with Crippen LogP contribution in [-0.2, 0) is 11.2 Å². The number of hydrogen-bond donors (Lipinski definition) is 1. The topological polar surface area (TPSA) is 46.2 Å². The molecule has 3 aromatic rings. The van der Waals surface area contributed by atoms with Crippen molar-refractivity contribution in [3.05, 3.63) is 102 Å². The van der Waals surface area contributed by atoms with Crippen LogP contribution in [-0.4, -0.2) is 17.9 Å². The molecule has 0 saturated carbocycles. The summed E-state index contributed by atoms with van der Waals surface area (Å²) in [5.74, 6) is -0.157. The number of thioether (sulfide) groups is 1. The molecule has 0 fully saturated rings. The number of carbonyl (C=O) groups is 2. The first-order chi connectivity index (χ1) is 13.6. The van der Waals surface area contributed by atoms with Gasteiger partial charge in [0, 0.05) is 16.1 Å². The second-order valence-electron chi connectivity index (χ2n) is 6.26. The van der Waals surface area contributed by atoms with E-state index in [1.165, 1.54) is 4.90 Å². The van der Waals surface area contributed by atoms with E-state index in [9.17, 15) is 9.59 Å². The standard InChI is InChI=1S/C24H21NO2S/c1-28-22-14-7-18(8-15-22)9-16-23(26)20-10-12-21(13-11-20)25-24(27)17-19-5-3-2-4-6-19/h2-16H,17H2,1H3,(H,25,27)/b16-9+. The zero-order valence-electron chi connectivity index (χ0n) is 15.6. The monoisotopic (exact) mass is 387 g/mol. The molecule has 0 bridgehead atoms. The molecule has 4 heteroatoms. The van der Waals surface area contributed by atoms with E-state index in [0.29, 0.717) is 17.7 Å². The van der Waals surface area contributed by atoms with E-state index in [0.717, 1.165) is 11.1 Å². The van der Waals surface area contributed by atoms with Gasteiger partial charge in [-0.15, -0.1) is 11.8 Å². The highest BCUT2D eigenvalue weighted by molar-refractivity contribution is 7.98. The Balaban J connectivity index is 1.57. The lowest BCUT2D eigenvalue weighted by atomic mass is 10.1. The number of hydrogen-bond acceptors (Lipinski definition) is 3. The molecule has 0 aliphatic rings. The van der Waals surface area contributed by atoms with Crippen LogP contribution in [0.25, 0.3) is 6.08 Å². The van der Waals surface area contributed by atoms with E-state index < -0.39 is 0 Å². The van der Waals surface area contributed by atoms with Crippen LogP contribution in [0, 0.1) is 0 Å². The average molecular weight is 388 g/mol. The van der Waals surface area contributed by atoms with Gasteiger partial charge in [-0.2, -0.15) is 0 Å². The number of benzene rings is 3. The van der Waals surface area contributed by atoms with Crippen molar-refractivity contribution in [1.82, 2.24) is 0 Å². The maximum Gasteiger partial charge on any atom is 0.228 e. The lowest BCUT2D eigenvalue weighted by molar-refractivity contribution is -0.115. The number of carbonyl (C=O) groups excluding carboxylic acids is 2. The van der Waals surface area contributed by atoms with Crippen molar-refractivity contribution < 1.29 is 9.59 Å². The van der Waals surface area contributed by atoms with Gasteiger partial charge in [0.05, 0.1) is 6.42 Å². The molecule has 0 radical (unpaired) electrons. The first-order valence-corrected chi connectivity index (χ1v) is 10.2. The zero-order valence-corrected chi connectivity index (χ0v) is 16.4. The van der Waals surface area contributed by atoms with E-state index >= 15 is 0 Å². The third kappa shape index (κ3) is 5.69. The molecule has 0 aliphatic heterocycles. The minimum Gasteiger partial charge on any atom is -0.326 e. The Bertz CT molecular complexity index is 962. The summed E-state index contributed by atoms with van der Waals surface area (Å²) in [5, 5.41) is 2.85. The van der Waals surface area contributed by atoms with Crippen molar-refractivity contribution in [3.63, 3.8) is 0 Å². The molecule has 0 aromatic heterocycles. The molecule has 0 unspecified atom stereocenters. The summed E-state index contributed by atoms with van der Waals surface area (Å²) < 4.78 is 0. The number of nitrogens with one attached hydrogen (secondary N) is 1. The highest BCUT2D eigenvalue weighted by Gasteiger charge is 2.06. The third-order valence-electron chi connectivity index (χ3n) is 4.20. The Labute approximate surface area is 169 Å². The van der Waals surface area contributed by atoms with Crippen molar-refractivity contribution in [1.29, 1.82) is 0 Å². The van der Waals surface area contributed by atoms with Crippen LogP contribution in [0.4, 0.5) is 5.69 Å². The van der Waals surface area contributed by atoms with E-state index in [-0.39, 0.29) is 11.7 Å². The summed E-state index contributed by atoms with van der Waals surface area (Å²) in [7, 11) is 0. The molecule has 3 rings (SSSR count). The summed E-state index contributed by atoms with van der Waals surface area (Å²) in [4.78, 5) is 25.6. The van der Waals surface area contributed by atoms with E-state index in [2.05, 4.69) is 5.32 Å². The largest absolute Gasteiger partial charge is 0.326 e. The van der Waals surface area contributed by atoms with E-state index in [1.54, 1.807) is 42.1 Å². The smallest absolute Gasteiger partial charge is 0.228 e. The maximum atomic E-state index is 12.3. The Morgan fingerprint density at radius 1 is 0.893 bits per heavy atom. The number of amides is 1. The summed E-state index contributed by atoms with van der Waals surface area (Å²) in [6.45, 7) is 0. The minimum atomic E-state index is -0.0844. The summed E-state index contributed by atoms with van der Waals surface area (Å²) in [6, 6.07) is 24.6. The second-order valence-corrected chi connectivity index (χ2v) is 7.14. The minimum absolute atomic E-state index is 0.0731. The van der Waals surface area contributed by atoms with Crippen LogP contribution in [0.1, 0.15) is 21.5 Å². The predicted octanol–water partition coefficient (Wildman–Crippen LogP) is 5.49. The quantitative estimate of drug-likeness (QED) is 0.331. The van der Waals surface area contributed by atoms with Crippen LogP contribution in [0.2, 0.25) is 0 Å². The fourth-order valence-electron chi connectivity index (χ4n) is 2.69. The Hall–Kier alpha value is -3.11. The number of anilines is 1. The third-order valence-corrected chi connectivity index (χ3v) is 4.95. The van der Waals surface area contributed by atoms with Crippen molar-refractivity contribution in [2.75, 3.05) is 11.6 Å². The predicted molar refractivity (Wildman–Crippen MR) is 117 cm³/mol. The van der Waals surface area contributed by atoms with Crippen LogP contribution in [0.15, 0.2) is 89.8 Å². The lowest BCUT2D eigenvalue weighted by Crippen LogP contribution is -2.14. The molecule has 28 heavy (non-hydrogen) atoms. The first-order valence-electron chi connectivity index (χ1n) is 8.94.